The number of aromatic carboxylic acids is 1. The molecule has 5 nitrogen and oxygen atoms in total. The molecule has 126 valence electrons. The van der Waals surface area contributed by atoms with Crippen molar-refractivity contribution in [2.75, 3.05) is 0 Å². The Morgan fingerprint density at radius 1 is 1.29 bits per heavy atom. The van der Waals surface area contributed by atoms with Crippen molar-refractivity contribution >= 4 is 16.0 Å². The molecule has 2 aromatic carbocycles. The molecule has 0 saturated heterocycles. The molecule has 2 aromatic rings. The Labute approximate surface area is 139 Å². The highest BCUT2D eigenvalue weighted by Crippen LogP contribution is 2.33. The van der Waals surface area contributed by atoms with Gasteiger partial charge in [0.25, 0.3) is 0 Å². The van der Waals surface area contributed by atoms with Crippen LogP contribution in [0.4, 0.5) is 4.39 Å². The molecule has 7 heteroatoms. The quantitative estimate of drug-likeness (QED) is 0.889. The number of benzene rings is 2. The van der Waals surface area contributed by atoms with Gasteiger partial charge in [-0.3, -0.25) is 0 Å². The van der Waals surface area contributed by atoms with Crippen LogP contribution in [0.5, 0.6) is 0 Å². The molecule has 0 fully saturated rings. The number of carboxylic acids is 1. The molecule has 0 spiro atoms. The van der Waals surface area contributed by atoms with Crippen LogP contribution in [0.2, 0.25) is 0 Å². The molecule has 2 N–H and O–H groups in total. The van der Waals surface area contributed by atoms with Crippen LogP contribution in [0.15, 0.2) is 41.3 Å². The fraction of sp³-hybridized carbons (Fsp3) is 0.235. The van der Waals surface area contributed by atoms with E-state index in [1.807, 2.05) is 0 Å². The van der Waals surface area contributed by atoms with Gasteiger partial charge in [-0.1, -0.05) is 12.1 Å². The van der Waals surface area contributed by atoms with Gasteiger partial charge < -0.3 is 5.11 Å². The SMILES string of the molecule is Cc1c(C(=O)O)cccc1S(=O)(=O)NC1CCc2cc(F)ccc21. The van der Waals surface area contributed by atoms with Crippen LogP contribution in [-0.2, 0) is 16.4 Å². The third kappa shape index (κ3) is 2.92. The number of rotatable bonds is 4. The standard InChI is InChI=1S/C17H16FNO4S/c1-10-13(17(20)21)3-2-4-16(10)24(22,23)19-15-8-5-11-9-12(18)6-7-14(11)15/h2-4,6-7,9,15,19H,5,8H2,1H3,(H,20,21). The van der Waals surface area contributed by atoms with E-state index in [0.717, 1.165) is 11.1 Å². The van der Waals surface area contributed by atoms with Gasteiger partial charge in [-0.2, -0.15) is 0 Å². The van der Waals surface area contributed by atoms with Crippen LogP contribution in [0.25, 0.3) is 0 Å². The van der Waals surface area contributed by atoms with Crippen LogP contribution >= 0.6 is 0 Å². The van der Waals surface area contributed by atoms with Crippen molar-refractivity contribution in [2.45, 2.75) is 30.7 Å². The molecule has 1 aliphatic rings. The van der Waals surface area contributed by atoms with Crippen molar-refractivity contribution in [3.8, 4) is 0 Å². The monoisotopic (exact) mass is 349 g/mol. The van der Waals surface area contributed by atoms with Gasteiger partial charge in [0.1, 0.15) is 5.82 Å². The van der Waals surface area contributed by atoms with E-state index in [9.17, 15) is 17.6 Å². The normalized spacial score (nSPS) is 16.8. The zero-order chi connectivity index (χ0) is 17.5. The van der Waals surface area contributed by atoms with E-state index in [2.05, 4.69) is 4.72 Å². The lowest BCUT2D eigenvalue weighted by Crippen LogP contribution is -2.28. The van der Waals surface area contributed by atoms with Crippen molar-refractivity contribution in [1.82, 2.24) is 4.72 Å². The van der Waals surface area contributed by atoms with E-state index in [1.165, 1.54) is 37.3 Å². The molecule has 0 saturated carbocycles. The summed E-state index contributed by atoms with van der Waals surface area (Å²) in [7, 11) is -3.89. The molecule has 0 heterocycles. The number of carbonyl (C=O) groups is 1. The third-order valence-electron chi connectivity index (χ3n) is 4.28. The highest BCUT2D eigenvalue weighted by atomic mass is 32.2. The van der Waals surface area contributed by atoms with Crippen molar-refractivity contribution in [2.24, 2.45) is 0 Å². The number of nitrogens with one attached hydrogen (secondary N) is 1. The van der Waals surface area contributed by atoms with E-state index >= 15 is 0 Å². The van der Waals surface area contributed by atoms with Gasteiger partial charge in [0, 0.05) is 6.04 Å². The van der Waals surface area contributed by atoms with Crippen molar-refractivity contribution in [3.05, 3.63) is 64.5 Å². The molecule has 1 unspecified atom stereocenters. The number of hydrogen-bond acceptors (Lipinski definition) is 3. The highest BCUT2D eigenvalue weighted by Gasteiger charge is 2.29. The summed E-state index contributed by atoms with van der Waals surface area (Å²) in [4.78, 5) is 11.1. The molecule has 0 aliphatic heterocycles. The average Bonchev–Trinajstić information content (AvgIpc) is 2.88. The molecule has 1 aliphatic carbocycles. The minimum Gasteiger partial charge on any atom is -0.478 e. The van der Waals surface area contributed by atoms with Gasteiger partial charge in [-0.15, -0.1) is 0 Å². The van der Waals surface area contributed by atoms with E-state index in [4.69, 9.17) is 5.11 Å². The summed E-state index contributed by atoms with van der Waals surface area (Å²) in [6.07, 6.45) is 1.13. The summed E-state index contributed by atoms with van der Waals surface area (Å²) in [5.41, 5.74) is 1.69. The molecular formula is C17H16FNO4S. The fourth-order valence-electron chi connectivity index (χ4n) is 3.10. The maximum atomic E-state index is 13.3. The first-order chi connectivity index (χ1) is 11.3. The lowest BCUT2D eigenvalue weighted by Gasteiger charge is -2.16. The Morgan fingerprint density at radius 3 is 2.75 bits per heavy atom. The number of fused-ring (bicyclic) bond motifs is 1. The first-order valence-corrected chi connectivity index (χ1v) is 8.91. The van der Waals surface area contributed by atoms with Crippen molar-refractivity contribution < 1.29 is 22.7 Å². The Balaban J connectivity index is 1.94. The summed E-state index contributed by atoms with van der Waals surface area (Å²) in [5, 5.41) is 9.15. The molecule has 0 aromatic heterocycles. The molecule has 0 bridgehead atoms. The third-order valence-corrected chi connectivity index (χ3v) is 5.90. The number of aryl methyl sites for hydroxylation is 1. The molecule has 0 radical (unpaired) electrons. The first-order valence-electron chi connectivity index (χ1n) is 7.43. The molecule has 24 heavy (non-hydrogen) atoms. The minimum absolute atomic E-state index is 0.0493. The van der Waals surface area contributed by atoms with Gasteiger partial charge in [0.05, 0.1) is 10.5 Å². The molecule has 1 atom stereocenters. The van der Waals surface area contributed by atoms with Gasteiger partial charge in [-0.05, 0) is 60.7 Å². The average molecular weight is 349 g/mol. The Bertz CT molecular complexity index is 924. The second-order valence-corrected chi connectivity index (χ2v) is 7.47. The number of carboxylic acid groups (broad SMARTS) is 1. The maximum Gasteiger partial charge on any atom is 0.335 e. The van der Waals surface area contributed by atoms with Gasteiger partial charge in [0.15, 0.2) is 0 Å². The van der Waals surface area contributed by atoms with E-state index < -0.39 is 22.0 Å². The predicted molar refractivity (Wildman–Crippen MR) is 85.9 cm³/mol. The maximum absolute atomic E-state index is 13.3. The molecular weight excluding hydrogens is 333 g/mol. The predicted octanol–water partition coefficient (Wildman–Crippen LogP) is 2.80. The number of halogens is 1. The minimum atomic E-state index is -3.89. The topological polar surface area (TPSA) is 83.5 Å². The highest BCUT2D eigenvalue weighted by molar-refractivity contribution is 7.89. The lowest BCUT2D eigenvalue weighted by molar-refractivity contribution is 0.0696. The van der Waals surface area contributed by atoms with Crippen LogP contribution < -0.4 is 4.72 Å². The van der Waals surface area contributed by atoms with Crippen molar-refractivity contribution in [3.63, 3.8) is 0 Å². The fourth-order valence-corrected chi connectivity index (χ4v) is 4.61. The lowest BCUT2D eigenvalue weighted by atomic mass is 10.1. The Kier molecular flexibility index (Phi) is 4.15. The van der Waals surface area contributed by atoms with E-state index in [1.54, 1.807) is 6.07 Å². The second-order valence-electron chi connectivity index (χ2n) is 5.79. The van der Waals surface area contributed by atoms with Crippen molar-refractivity contribution in [1.29, 1.82) is 0 Å². The summed E-state index contributed by atoms with van der Waals surface area (Å²) < 4.78 is 41.2. The van der Waals surface area contributed by atoms with Crippen LogP contribution in [0.1, 0.15) is 39.5 Å². The van der Waals surface area contributed by atoms with E-state index in [-0.39, 0.29) is 21.8 Å². The summed E-state index contributed by atoms with van der Waals surface area (Å²) in [6.45, 7) is 1.47. The zero-order valence-corrected chi connectivity index (χ0v) is 13.7. The first kappa shape index (κ1) is 16.6. The number of sulfonamides is 1. The largest absolute Gasteiger partial charge is 0.478 e. The smallest absolute Gasteiger partial charge is 0.335 e. The number of hydrogen-bond donors (Lipinski definition) is 2. The Hall–Kier alpha value is -2.25. The summed E-state index contributed by atoms with van der Waals surface area (Å²) in [5.74, 6) is -1.52. The summed E-state index contributed by atoms with van der Waals surface area (Å²) >= 11 is 0. The van der Waals surface area contributed by atoms with Crippen LogP contribution in [0.3, 0.4) is 0 Å². The van der Waals surface area contributed by atoms with Gasteiger partial charge in [0.2, 0.25) is 10.0 Å². The van der Waals surface area contributed by atoms with Crippen LogP contribution in [0, 0.1) is 12.7 Å². The van der Waals surface area contributed by atoms with Crippen LogP contribution in [-0.4, -0.2) is 19.5 Å². The van der Waals surface area contributed by atoms with E-state index in [0.29, 0.717) is 12.8 Å². The van der Waals surface area contributed by atoms with Gasteiger partial charge in [-0.25, -0.2) is 22.3 Å². The van der Waals surface area contributed by atoms with Gasteiger partial charge >= 0.3 is 5.97 Å². The molecule has 0 amide bonds. The Morgan fingerprint density at radius 2 is 2.04 bits per heavy atom. The second kappa shape index (κ2) is 5.99. The summed E-state index contributed by atoms with van der Waals surface area (Å²) in [6, 6.07) is 8.02. The molecule has 3 rings (SSSR count). The zero-order valence-electron chi connectivity index (χ0n) is 12.9.